The molecule has 0 aliphatic heterocycles. The number of H-pyrrole nitrogens is 2. The van der Waals surface area contributed by atoms with E-state index in [1.165, 1.54) is 0 Å². The summed E-state index contributed by atoms with van der Waals surface area (Å²) in [6.07, 6.45) is -0.170. The van der Waals surface area contributed by atoms with Crippen LogP contribution < -0.4 is 5.56 Å². The third-order valence-electron chi connectivity index (χ3n) is 3.49. The van der Waals surface area contributed by atoms with Crippen LogP contribution in [0.3, 0.4) is 0 Å². The number of nitrogens with one attached hydrogen (secondary N) is 2. The second-order valence-corrected chi connectivity index (χ2v) is 5.53. The zero-order valence-corrected chi connectivity index (χ0v) is 12.4. The minimum absolute atomic E-state index is 0.0332. The first kappa shape index (κ1) is 15.3. The number of halogens is 3. The van der Waals surface area contributed by atoms with E-state index in [4.69, 9.17) is 0 Å². The molecule has 0 bridgehead atoms. The molecular formula is C15H13F3N4O. The molecule has 1 aromatic carbocycles. The first-order chi connectivity index (χ1) is 10.9. The highest BCUT2D eigenvalue weighted by atomic mass is 19.2. The Labute approximate surface area is 128 Å². The van der Waals surface area contributed by atoms with E-state index in [1.54, 1.807) is 0 Å². The average Bonchev–Trinajstić information content (AvgIpc) is 2.89. The summed E-state index contributed by atoms with van der Waals surface area (Å²) in [5, 5.41) is 6.67. The molecule has 0 saturated heterocycles. The lowest BCUT2D eigenvalue weighted by Gasteiger charge is -2.05. The van der Waals surface area contributed by atoms with Gasteiger partial charge in [-0.3, -0.25) is 9.89 Å². The highest BCUT2D eigenvalue weighted by Crippen LogP contribution is 2.20. The number of hydrogen-bond donors (Lipinski definition) is 2. The molecule has 8 heteroatoms. The number of aromatic amines is 2. The predicted molar refractivity (Wildman–Crippen MR) is 77.7 cm³/mol. The standard InChI is InChI=1S/C15H13F3N4O/c1-6(2)12-13-14(22-21-12)15(23)20-11(19-13)4-7-3-9(17)10(18)5-8(7)16/h3,5-6H,4H2,1-2H3,(H,21,22)(H,19,20,23). The molecule has 5 nitrogen and oxygen atoms in total. The second kappa shape index (κ2) is 5.53. The number of rotatable bonds is 3. The first-order valence-electron chi connectivity index (χ1n) is 6.97. The molecule has 3 rings (SSSR count). The van der Waals surface area contributed by atoms with Crippen molar-refractivity contribution in [3.63, 3.8) is 0 Å². The van der Waals surface area contributed by atoms with E-state index in [-0.39, 0.29) is 29.2 Å². The third-order valence-corrected chi connectivity index (χ3v) is 3.49. The normalized spacial score (nSPS) is 11.6. The smallest absolute Gasteiger partial charge is 0.276 e. The van der Waals surface area contributed by atoms with Gasteiger partial charge in [0.25, 0.3) is 5.56 Å². The third kappa shape index (κ3) is 2.71. The Morgan fingerprint density at radius 3 is 2.52 bits per heavy atom. The molecule has 23 heavy (non-hydrogen) atoms. The summed E-state index contributed by atoms with van der Waals surface area (Å²) >= 11 is 0. The number of aromatic nitrogens is 4. The summed E-state index contributed by atoms with van der Waals surface area (Å²) < 4.78 is 40.0. The van der Waals surface area contributed by atoms with Crippen LogP contribution in [0, 0.1) is 17.5 Å². The van der Waals surface area contributed by atoms with Crippen LogP contribution in [0.5, 0.6) is 0 Å². The lowest BCUT2D eigenvalue weighted by Crippen LogP contribution is -2.13. The van der Waals surface area contributed by atoms with Gasteiger partial charge < -0.3 is 4.98 Å². The topological polar surface area (TPSA) is 74.4 Å². The highest BCUT2D eigenvalue weighted by Gasteiger charge is 2.16. The largest absolute Gasteiger partial charge is 0.308 e. The van der Waals surface area contributed by atoms with Crippen LogP contribution in [0.2, 0.25) is 0 Å². The Kier molecular flexibility index (Phi) is 3.67. The summed E-state index contributed by atoms with van der Waals surface area (Å²) in [5.41, 5.74) is 0.677. The maximum absolute atomic E-state index is 13.7. The van der Waals surface area contributed by atoms with Crippen LogP contribution in [-0.2, 0) is 6.42 Å². The van der Waals surface area contributed by atoms with Crippen LogP contribution in [-0.4, -0.2) is 20.2 Å². The predicted octanol–water partition coefficient (Wildman–Crippen LogP) is 2.78. The molecule has 0 aliphatic carbocycles. The van der Waals surface area contributed by atoms with E-state index in [1.807, 2.05) is 13.8 Å². The van der Waals surface area contributed by atoms with Gasteiger partial charge in [-0.1, -0.05) is 13.8 Å². The molecule has 0 saturated carbocycles. The number of nitrogens with zero attached hydrogens (tertiary/aromatic N) is 2. The number of benzene rings is 1. The van der Waals surface area contributed by atoms with Crippen molar-refractivity contribution in [2.24, 2.45) is 0 Å². The SMILES string of the molecule is CC(C)c1n[nH]c2c(=O)[nH]c(Cc3cc(F)c(F)cc3F)nc12. The fourth-order valence-electron chi connectivity index (χ4n) is 2.34. The van der Waals surface area contributed by atoms with E-state index in [9.17, 15) is 18.0 Å². The molecule has 3 aromatic rings. The molecule has 0 unspecified atom stereocenters. The Bertz CT molecular complexity index is 946. The maximum Gasteiger partial charge on any atom is 0.276 e. The van der Waals surface area contributed by atoms with Gasteiger partial charge in [0.05, 0.1) is 5.69 Å². The molecule has 0 fully saturated rings. The molecule has 0 atom stereocenters. The van der Waals surface area contributed by atoms with Gasteiger partial charge in [-0.15, -0.1) is 0 Å². The van der Waals surface area contributed by atoms with Crippen LogP contribution in [0.25, 0.3) is 11.0 Å². The molecule has 0 amide bonds. The highest BCUT2D eigenvalue weighted by molar-refractivity contribution is 5.76. The Morgan fingerprint density at radius 1 is 1.13 bits per heavy atom. The van der Waals surface area contributed by atoms with Gasteiger partial charge in [-0.25, -0.2) is 18.2 Å². The van der Waals surface area contributed by atoms with Gasteiger partial charge in [0, 0.05) is 12.5 Å². The van der Waals surface area contributed by atoms with E-state index in [0.29, 0.717) is 17.3 Å². The molecule has 2 N–H and O–H groups in total. The first-order valence-corrected chi connectivity index (χ1v) is 6.97. The molecule has 0 spiro atoms. The molecule has 2 heterocycles. The molecule has 120 valence electrons. The van der Waals surface area contributed by atoms with Gasteiger partial charge in [0.2, 0.25) is 0 Å². The summed E-state index contributed by atoms with van der Waals surface area (Å²) in [7, 11) is 0. The monoisotopic (exact) mass is 322 g/mol. The van der Waals surface area contributed by atoms with Gasteiger partial charge in [-0.2, -0.15) is 5.10 Å². The van der Waals surface area contributed by atoms with Gasteiger partial charge >= 0.3 is 0 Å². The van der Waals surface area contributed by atoms with Crippen molar-refractivity contribution in [3.8, 4) is 0 Å². The zero-order valence-electron chi connectivity index (χ0n) is 12.4. The van der Waals surface area contributed by atoms with Crippen molar-refractivity contribution in [2.75, 3.05) is 0 Å². The zero-order chi connectivity index (χ0) is 16.7. The molecular weight excluding hydrogens is 309 g/mol. The summed E-state index contributed by atoms with van der Waals surface area (Å²) in [6.45, 7) is 3.79. The van der Waals surface area contributed by atoms with Crippen molar-refractivity contribution in [3.05, 3.63) is 57.0 Å². The van der Waals surface area contributed by atoms with Crippen molar-refractivity contribution in [1.29, 1.82) is 0 Å². The van der Waals surface area contributed by atoms with Crippen LogP contribution >= 0.6 is 0 Å². The summed E-state index contributed by atoms with van der Waals surface area (Å²) in [6, 6.07) is 1.23. The quantitative estimate of drug-likeness (QED) is 0.728. The second-order valence-electron chi connectivity index (χ2n) is 5.53. The minimum atomic E-state index is -1.26. The summed E-state index contributed by atoms with van der Waals surface area (Å²) in [5.74, 6) is -3.14. The molecule has 0 aliphatic rings. The van der Waals surface area contributed by atoms with Crippen molar-refractivity contribution >= 4 is 11.0 Å². The maximum atomic E-state index is 13.7. The van der Waals surface area contributed by atoms with Gasteiger partial charge in [0.1, 0.15) is 22.7 Å². The van der Waals surface area contributed by atoms with Crippen molar-refractivity contribution in [2.45, 2.75) is 26.2 Å². The average molecular weight is 322 g/mol. The lowest BCUT2D eigenvalue weighted by molar-refractivity contribution is 0.490. The molecule has 2 aromatic heterocycles. The Balaban J connectivity index is 2.09. The molecule has 0 radical (unpaired) electrons. The van der Waals surface area contributed by atoms with E-state index < -0.39 is 23.0 Å². The van der Waals surface area contributed by atoms with E-state index >= 15 is 0 Å². The fourth-order valence-corrected chi connectivity index (χ4v) is 2.34. The van der Waals surface area contributed by atoms with Crippen molar-refractivity contribution < 1.29 is 13.2 Å². The number of fused-ring (bicyclic) bond motifs is 1. The lowest BCUT2D eigenvalue weighted by atomic mass is 10.1. The van der Waals surface area contributed by atoms with Crippen LogP contribution in [0.4, 0.5) is 13.2 Å². The van der Waals surface area contributed by atoms with Crippen LogP contribution in [0.1, 0.15) is 36.8 Å². The Morgan fingerprint density at radius 2 is 1.83 bits per heavy atom. The van der Waals surface area contributed by atoms with Gasteiger partial charge in [0.15, 0.2) is 11.6 Å². The van der Waals surface area contributed by atoms with E-state index in [0.717, 1.165) is 6.07 Å². The Hall–Kier alpha value is -2.64. The fraction of sp³-hybridized carbons (Fsp3) is 0.267. The number of hydrogen-bond acceptors (Lipinski definition) is 3. The van der Waals surface area contributed by atoms with Crippen LogP contribution in [0.15, 0.2) is 16.9 Å². The van der Waals surface area contributed by atoms with Crippen molar-refractivity contribution in [1.82, 2.24) is 20.2 Å². The summed E-state index contributed by atoms with van der Waals surface area (Å²) in [4.78, 5) is 18.8. The van der Waals surface area contributed by atoms with Gasteiger partial charge in [-0.05, 0) is 17.5 Å². The van der Waals surface area contributed by atoms with E-state index in [2.05, 4.69) is 20.2 Å². The minimum Gasteiger partial charge on any atom is -0.308 e.